The largest absolute Gasteiger partial charge is 0.395 e. The summed E-state index contributed by atoms with van der Waals surface area (Å²) in [5.41, 5.74) is 5.70. The van der Waals surface area contributed by atoms with Gasteiger partial charge < -0.3 is 15.6 Å². The number of aliphatic hydroxyl groups excluding tert-OH is 1. The number of nitrogens with two attached hydrogens (primary N) is 1. The molecule has 1 aliphatic rings. The second-order valence-electron chi connectivity index (χ2n) is 5.65. The van der Waals surface area contributed by atoms with Crippen LogP contribution in [-0.2, 0) is 10.2 Å². The number of benzene rings is 1. The number of hydrogen-bond donors (Lipinski definition) is 2. The monoisotopic (exact) mass is 281 g/mol. The second kappa shape index (κ2) is 7.16. The first-order valence-corrected chi connectivity index (χ1v) is 7.39. The number of rotatable bonds is 7. The second-order valence-corrected chi connectivity index (χ2v) is 5.65. The summed E-state index contributed by atoms with van der Waals surface area (Å²) in [5, 5.41) is 9.77. The van der Waals surface area contributed by atoms with E-state index in [9.17, 15) is 9.50 Å². The smallest absolute Gasteiger partial charge is 0.127 e. The van der Waals surface area contributed by atoms with Crippen LogP contribution in [0.5, 0.6) is 0 Å². The Morgan fingerprint density at radius 3 is 2.80 bits per heavy atom. The van der Waals surface area contributed by atoms with Crippen molar-refractivity contribution in [1.82, 2.24) is 0 Å². The fourth-order valence-corrected chi connectivity index (χ4v) is 3.01. The fourth-order valence-electron chi connectivity index (χ4n) is 3.01. The van der Waals surface area contributed by atoms with Crippen molar-refractivity contribution in [2.45, 2.75) is 43.6 Å². The van der Waals surface area contributed by atoms with Crippen LogP contribution in [0.15, 0.2) is 24.3 Å². The van der Waals surface area contributed by atoms with Crippen molar-refractivity contribution in [2.24, 2.45) is 5.73 Å². The molecule has 1 heterocycles. The number of aliphatic hydroxyl groups is 1. The Morgan fingerprint density at radius 2 is 2.20 bits per heavy atom. The van der Waals surface area contributed by atoms with E-state index >= 15 is 0 Å². The standard InChI is InChI=1S/C16H24FNO2/c17-15-8-2-1-7-14(15)16(11-18,12-19)9-3-5-13-6-4-10-20-13/h1-2,7-8,13,19H,3-6,9-12,18H2. The van der Waals surface area contributed by atoms with Gasteiger partial charge in [0, 0.05) is 18.6 Å². The molecule has 0 aliphatic carbocycles. The summed E-state index contributed by atoms with van der Waals surface area (Å²) in [6.45, 7) is 0.964. The van der Waals surface area contributed by atoms with E-state index in [2.05, 4.69) is 0 Å². The first-order chi connectivity index (χ1) is 9.72. The third-order valence-electron chi connectivity index (χ3n) is 4.34. The molecular formula is C16H24FNO2. The molecule has 0 bridgehead atoms. The van der Waals surface area contributed by atoms with Crippen molar-refractivity contribution in [1.29, 1.82) is 0 Å². The van der Waals surface area contributed by atoms with Crippen LogP contribution in [0.25, 0.3) is 0 Å². The molecule has 2 atom stereocenters. The van der Waals surface area contributed by atoms with Gasteiger partial charge in [-0.3, -0.25) is 0 Å². The Hall–Kier alpha value is -0.970. The van der Waals surface area contributed by atoms with Crippen LogP contribution < -0.4 is 5.73 Å². The molecule has 1 aromatic rings. The molecule has 1 aromatic carbocycles. The van der Waals surface area contributed by atoms with Crippen LogP contribution in [0, 0.1) is 5.82 Å². The Bertz CT molecular complexity index is 415. The summed E-state index contributed by atoms with van der Waals surface area (Å²) in [5.74, 6) is -0.288. The van der Waals surface area contributed by atoms with Crippen molar-refractivity contribution in [2.75, 3.05) is 19.8 Å². The van der Waals surface area contributed by atoms with E-state index in [0.29, 0.717) is 18.1 Å². The molecule has 3 nitrogen and oxygen atoms in total. The minimum atomic E-state index is -0.677. The molecule has 0 spiro atoms. The highest BCUT2D eigenvalue weighted by Crippen LogP contribution is 2.31. The van der Waals surface area contributed by atoms with Gasteiger partial charge in [-0.1, -0.05) is 18.2 Å². The Labute approximate surface area is 119 Å². The normalized spacial score (nSPS) is 21.9. The quantitative estimate of drug-likeness (QED) is 0.806. The van der Waals surface area contributed by atoms with Gasteiger partial charge in [0.2, 0.25) is 0 Å². The van der Waals surface area contributed by atoms with Crippen molar-refractivity contribution in [3.05, 3.63) is 35.6 Å². The molecule has 0 aromatic heterocycles. The number of ether oxygens (including phenoxy) is 1. The van der Waals surface area contributed by atoms with E-state index in [1.165, 1.54) is 6.07 Å². The van der Waals surface area contributed by atoms with E-state index in [-0.39, 0.29) is 19.0 Å². The van der Waals surface area contributed by atoms with Crippen LogP contribution in [-0.4, -0.2) is 31.0 Å². The third kappa shape index (κ3) is 3.37. The van der Waals surface area contributed by atoms with Crippen LogP contribution in [0.3, 0.4) is 0 Å². The lowest BCUT2D eigenvalue weighted by molar-refractivity contribution is 0.0970. The molecular weight excluding hydrogens is 257 g/mol. The topological polar surface area (TPSA) is 55.5 Å². The summed E-state index contributed by atoms with van der Waals surface area (Å²) in [7, 11) is 0. The average molecular weight is 281 g/mol. The minimum Gasteiger partial charge on any atom is -0.395 e. The van der Waals surface area contributed by atoms with Gasteiger partial charge in [-0.25, -0.2) is 4.39 Å². The highest BCUT2D eigenvalue weighted by Gasteiger charge is 2.32. The number of hydrogen-bond acceptors (Lipinski definition) is 3. The van der Waals surface area contributed by atoms with Crippen LogP contribution in [0.1, 0.15) is 37.7 Å². The van der Waals surface area contributed by atoms with E-state index in [0.717, 1.165) is 32.3 Å². The zero-order valence-electron chi connectivity index (χ0n) is 11.9. The average Bonchev–Trinajstić information content (AvgIpc) is 2.98. The molecule has 1 saturated heterocycles. The highest BCUT2D eigenvalue weighted by atomic mass is 19.1. The Balaban J connectivity index is 2.03. The predicted molar refractivity (Wildman–Crippen MR) is 77.0 cm³/mol. The molecule has 2 rings (SSSR count). The molecule has 0 radical (unpaired) electrons. The molecule has 1 aliphatic heterocycles. The van der Waals surface area contributed by atoms with Gasteiger partial charge >= 0.3 is 0 Å². The van der Waals surface area contributed by atoms with Gasteiger partial charge in [-0.15, -0.1) is 0 Å². The van der Waals surface area contributed by atoms with Crippen molar-refractivity contribution < 1.29 is 14.2 Å². The van der Waals surface area contributed by atoms with Gasteiger partial charge in [0.05, 0.1) is 12.7 Å². The van der Waals surface area contributed by atoms with E-state index < -0.39 is 5.41 Å². The van der Waals surface area contributed by atoms with E-state index in [4.69, 9.17) is 10.5 Å². The molecule has 0 saturated carbocycles. The minimum absolute atomic E-state index is 0.129. The maximum absolute atomic E-state index is 14.0. The van der Waals surface area contributed by atoms with Gasteiger partial charge in [-0.2, -0.15) is 0 Å². The molecule has 20 heavy (non-hydrogen) atoms. The van der Waals surface area contributed by atoms with E-state index in [1.54, 1.807) is 18.2 Å². The lowest BCUT2D eigenvalue weighted by Crippen LogP contribution is -2.39. The molecule has 1 fully saturated rings. The third-order valence-corrected chi connectivity index (χ3v) is 4.34. The van der Waals surface area contributed by atoms with E-state index in [1.807, 2.05) is 0 Å². The van der Waals surface area contributed by atoms with Gasteiger partial charge in [-0.05, 0) is 43.7 Å². The lowest BCUT2D eigenvalue weighted by atomic mass is 9.76. The maximum Gasteiger partial charge on any atom is 0.127 e. The summed E-state index contributed by atoms with van der Waals surface area (Å²) in [6.07, 6.45) is 5.08. The molecule has 2 unspecified atom stereocenters. The van der Waals surface area contributed by atoms with Crippen LogP contribution >= 0.6 is 0 Å². The molecule has 0 amide bonds. The van der Waals surface area contributed by atoms with Crippen molar-refractivity contribution in [3.8, 4) is 0 Å². The maximum atomic E-state index is 14.0. The summed E-state index contributed by atoms with van der Waals surface area (Å²) >= 11 is 0. The Kier molecular flexibility index (Phi) is 5.52. The van der Waals surface area contributed by atoms with Crippen molar-refractivity contribution >= 4 is 0 Å². The molecule has 3 N–H and O–H groups in total. The first-order valence-electron chi connectivity index (χ1n) is 7.39. The molecule has 112 valence electrons. The van der Waals surface area contributed by atoms with Gasteiger partial charge in [0.25, 0.3) is 0 Å². The molecule has 4 heteroatoms. The van der Waals surface area contributed by atoms with Crippen molar-refractivity contribution in [3.63, 3.8) is 0 Å². The first kappa shape index (κ1) is 15.4. The highest BCUT2D eigenvalue weighted by molar-refractivity contribution is 5.28. The SMILES string of the molecule is NCC(CO)(CCCC1CCCO1)c1ccccc1F. The fraction of sp³-hybridized carbons (Fsp3) is 0.625. The van der Waals surface area contributed by atoms with Crippen LogP contribution in [0.4, 0.5) is 4.39 Å². The summed E-state index contributed by atoms with van der Waals surface area (Å²) < 4.78 is 19.6. The summed E-state index contributed by atoms with van der Waals surface area (Å²) in [4.78, 5) is 0. The Morgan fingerprint density at radius 1 is 1.40 bits per heavy atom. The van der Waals surface area contributed by atoms with Gasteiger partial charge in [0.15, 0.2) is 0 Å². The summed E-state index contributed by atoms with van der Waals surface area (Å²) in [6, 6.07) is 6.60. The van der Waals surface area contributed by atoms with Gasteiger partial charge in [0.1, 0.15) is 5.82 Å². The van der Waals surface area contributed by atoms with Crippen LogP contribution in [0.2, 0.25) is 0 Å². The zero-order chi connectivity index (χ0) is 14.4. The number of halogens is 1. The lowest BCUT2D eigenvalue weighted by Gasteiger charge is -2.31. The predicted octanol–water partition coefficient (Wildman–Crippen LogP) is 2.36. The zero-order valence-corrected chi connectivity index (χ0v) is 11.9.